The summed E-state index contributed by atoms with van der Waals surface area (Å²) in [4.78, 5) is 33.5. The van der Waals surface area contributed by atoms with Crippen LogP contribution in [0.3, 0.4) is 0 Å². The summed E-state index contributed by atoms with van der Waals surface area (Å²) >= 11 is 11.5. The standard InChI is InChI=1S/2C20H18ClFN5O2.4ClH.2Zn/c2*1-20(2,3)18(28)17(19-23-11-24-27-19)29-14-7-4-12(5-8-14)25-26-13-6-9-16(22)15(21)10-13;;;;;;/h2*4-11H,1-3H3,(H,23,24,27);4*1H;;/q2*-1;;;;;2*+2/p-4. The number of carbonyl (C=O) groups is 2. The largest absolute Gasteiger partial charge is 2.00 e. The molecule has 0 amide bonds. The third kappa shape index (κ3) is 18.0. The van der Waals surface area contributed by atoms with E-state index in [0.717, 1.165) is 0 Å². The van der Waals surface area contributed by atoms with Crippen molar-refractivity contribution < 1.29 is 116 Å². The quantitative estimate of drug-likeness (QED) is 0.0906. The maximum atomic E-state index is 13.2. The molecule has 0 radical (unpaired) electrons. The molecule has 6 rings (SSSR count). The van der Waals surface area contributed by atoms with E-state index in [-0.39, 0.29) is 134 Å². The van der Waals surface area contributed by atoms with Gasteiger partial charge in [0.25, 0.3) is 0 Å². The first kappa shape index (κ1) is 62.0. The number of aromatic amines is 2. The molecule has 0 bridgehead atoms. The number of halogens is 8. The first-order valence-electron chi connectivity index (χ1n) is 17.3. The molecule has 2 aromatic heterocycles. The number of Topliss-reactive ketones (excluding diaryl/α,β-unsaturated/α-hetero) is 2. The number of aromatic nitrogens is 6. The number of nitrogens with zero attached hydrogens (tertiary/aromatic N) is 8. The fraction of sp³-hybridized carbons (Fsp3) is 0.200. The van der Waals surface area contributed by atoms with Crippen molar-refractivity contribution in [3.05, 3.63) is 143 Å². The summed E-state index contributed by atoms with van der Waals surface area (Å²) < 4.78 is 38.0. The molecule has 0 spiro atoms. The van der Waals surface area contributed by atoms with Crippen LogP contribution in [-0.2, 0) is 48.5 Å². The van der Waals surface area contributed by atoms with Gasteiger partial charge in [0.15, 0.2) is 0 Å². The van der Waals surface area contributed by atoms with Crippen molar-refractivity contribution in [1.29, 1.82) is 0 Å². The summed E-state index contributed by atoms with van der Waals surface area (Å²) in [5.41, 5.74) is 0.614. The van der Waals surface area contributed by atoms with Crippen molar-refractivity contribution in [2.75, 3.05) is 0 Å². The number of carbonyl (C=O) groups excluding carboxylic acids is 2. The Bertz CT molecular complexity index is 2220. The predicted molar refractivity (Wildman–Crippen MR) is 212 cm³/mol. The van der Waals surface area contributed by atoms with Crippen LogP contribution in [0.15, 0.2) is 118 Å². The molecular weight excluding hydrogens is 1070 g/mol. The molecule has 0 aliphatic rings. The Morgan fingerprint density at radius 1 is 0.547 bits per heavy atom. The van der Waals surface area contributed by atoms with Gasteiger partial charge in [0.05, 0.1) is 44.3 Å². The zero-order chi connectivity index (χ0) is 42.0. The number of benzene rings is 4. The number of ketones is 2. The minimum absolute atomic E-state index is 0. The summed E-state index contributed by atoms with van der Waals surface area (Å²) in [5, 5.41) is 29.0. The minimum atomic E-state index is -0.660. The first-order valence-corrected chi connectivity index (χ1v) is 18.1. The van der Waals surface area contributed by atoms with E-state index in [0.29, 0.717) is 34.2 Å². The van der Waals surface area contributed by atoms with E-state index in [4.69, 9.17) is 32.7 Å². The van der Waals surface area contributed by atoms with Gasteiger partial charge in [-0.25, -0.2) is 18.7 Å². The van der Waals surface area contributed by atoms with Crippen LogP contribution in [0.4, 0.5) is 31.5 Å². The minimum Gasteiger partial charge on any atom is -1.00 e. The van der Waals surface area contributed by atoms with Crippen LogP contribution in [-0.4, -0.2) is 41.9 Å². The van der Waals surface area contributed by atoms with Crippen molar-refractivity contribution in [2.45, 2.75) is 41.5 Å². The molecule has 0 atom stereocenters. The van der Waals surface area contributed by atoms with Gasteiger partial charge in [0.1, 0.15) is 24.3 Å². The van der Waals surface area contributed by atoms with E-state index in [1.54, 1.807) is 90.1 Å². The van der Waals surface area contributed by atoms with Gasteiger partial charge >= 0.3 is 39.0 Å². The summed E-state index contributed by atoms with van der Waals surface area (Å²) in [7, 11) is 0. The van der Waals surface area contributed by atoms with Crippen LogP contribution >= 0.6 is 23.2 Å². The Labute approximate surface area is 428 Å². The molecule has 0 saturated carbocycles. The molecule has 24 heteroatoms. The number of hydrogen-bond donors (Lipinski definition) is 2. The molecular formula is C40H36Cl6F2N10O4Zn2-2. The van der Waals surface area contributed by atoms with E-state index in [2.05, 4.69) is 50.8 Å². The number of azo groups is 2. The van der Waals surface area contributed by atoms with E-state index in [9.17, 15) is 18.4 Å². The summed E-state index contributed by atoms with van der Waals surface area (Å²) in [6.07, 6.45) is 2.76. The summed E-state index contributed by atoms with van der Waals surface area (Å²) in [6, 6.07) is 21.4. The molecule has 0 unspecified atom stereocenters. The Kier molecular flexibility index (Phi) is 27.2. The molecule has 0 saturated heterocycles. The van der Waals surface area contributed by atoms with Crippen molar-refractivity contribution >= 4 is 57.5 Å². The summed E-state index contributed by atoms with van der Waals surface area (Å²) in [6.45, 7) is 10.8. The van der Waals surface area contributed by atoms with Gasteiger partial charge in [-0.15, -0.1) is 0 Å². The van der Waals surface area contributed by atoms with E-state index >= 15 is 0 Å². The third-order valence-corrected chi connectivity index (χ3v) is 8.10. The maximum absolute atomic E-state index is 13.2. The molecule has 0 aliphatic carbocycles. The SMILES string of the molecule is CC(C)(C)C(=O)[C-](Oc1ccc(N=Nc2ccc(F)c(Cl)c2)cc1)c1ncn[nH]1.CC(C)(C)C(=O)[C-](Oc1ccc(N=Nc2ccc(F)c(Cl)c2)cc1)c1ncn[nH]1.[Cl-].[Cl-].[Cl-].[Cl-].[Zn+2].[Zn+2]. The summed E-state index contributed by atoms with van der Waals surface area (Å²) in [5.74, 6) is -0.108. The molecule has 0 fully saturated rings. The van der Waals surface area contributed by atoms with Crippen LogP contribution in [0.1, 0.15) is 53.2 Å². The molecule has 6 aromatic rings. The van der Waals surface area contributed by atoms with Crippen molar-refractivity contribution in [3.63, 3.8) is 0 Å². The van der Waals surface area contributed by atoms with Crippen LogP contribution in [0.2, 0.25) is 10.0 Å². The monoisotopic (exact) mass is 1100 g/mol. The molecule has 0 aliphatic heterocycles. The fourth-order valence-corrected chi connectivity index (χ4v) is 4.79. The van der Waals surface area contributed by atoms with Crippen molar-refractivity contribution in [2.24, 2.45) is 31.3 Å². The van der Waals surface area contributed by atoms with Gasteiger partial charge in [-0.2, -0.15) is 30.7 Å². The second kappa shape index (κ2) is 28.0. The molecule has 2 N–H and O–H groups in total. The van der Waals surface area contributed by atoms with E-state index in [1.807, 2.05) is 0 Å². The third-order valence-electron chi connectivity index (χ3n) is 7.52. The average Bonchev–Trinajstić information content (AvgIpc) is 3.93. The smallest absolute Gasteiger partial charge is 1.00 e. The zero-order valence-electron chi connectivity index (χ0n) is 34.9. The Morgan fingerprint density at radius 3 is 1.11 bits per heavy atom. The number of hydrogen-bond acceptors (Lipinski definition) is 12. The Balaban J connectivity index is 0. The fourth-order valence-electron chi connectivity index (χ4n) is 4.44. The maximum Gasteiger partial charge on any atom is 2.00 e. The van der Waals surface area contributed by atoms with Crippen LogP contribution in [0.25, 0.3) is 0 Å². The van der Waals surface area contributed by atoms with Crippen molar-refractivity contribution in [3.8, 4) is 11.5 Å². The molecule has 64 heavy (non-hydrogen) atoms. The van der Waals surface area contributed by atoms with Gasteiger partial charge in [-0.3, -0.25) is 10.2 Å². The molecule has 2 heterocycles. The second-order valence-corrected chi connectivity index (χ2v) is 15.1. The van der Waals surface area contributed by atoms with Gasteiger partial charge in [0.2, 0.25) is 0 Å². The first-order chi connectivity index (χ1) is 27.5. The molecule has 332 valence electrons. The van der Waals surface area contributed by atoms with Gasteiger partial charge in [-0.05, 0) is 95.8 Å². The van der Waals surface area contributed by atoms with Crippen LogP contribution in [0, 0.1) is 34.7 Å². The Morgan fingerprint density at radius 2 is 0.844 bits per heavy atom. The van der Waals surface area contributed by atoms with Crippen LogP contribution < -0.4 is 59.1 Å². The zero-order valence-corrected chi connectivity index (χ0v) is 45.4. The second-order valence-electron chi connectivity index (χ2n) is 14.3. The number of H-pyrrole nitrogens is 2. The van der Waals surface area contributed by atoms with Gasteiger partial charge in [-0.1, -0.05) is 77.0 Å². The topological polar surface area (TPSA) is 185 Å². The number of nitrogens with one attached hydrogen (secondary N) is 2. The number of rotatable bonds is 12. The van der Waals surface area contributed by atoms with E-state index < -0.39 is 22.5 Å². The number of ether oxygens (including phenoxy) is 2. The van der Waals surface area contributed by atoms with E-state index in [1.165, 1.54) is 49.1 Å². The predicted octanol–water partition coefficient (Wildman–Crippen LogP) is -0.815. The van der Waals surface area contributed by atoms with Crippen molar-refractivity contribution in [1.82, 2.24) is 30.4 Å². The normalized spacial score (nSPS) is 10.5. The van der Waals surface area contributed by atoms with Crippen LogP contribution in [0.5, 0.6) is 11.5 Å². The van der Waals surface area contributed by atoms with Gasteiger partial charge < -0.3 is 68.7 Å². The molecule has 14 nitrogen and oxygen atoms in total. The Hall–Kier alpha value is -4.11. The van der Waals surface area contributed by atoms with Gasteiger partial charge in [0, 0.05) is 23.2 Å². The average molecular weight is 1100 g/mol. The molecule has 4 aromatic carbocycles.